The molecule has 2 nitrogen and oxygen atoms in total. The first-order chi connectivity index (χ1) is 10.2. The summed E-state index contributed by atoms with van der Waals surface area (Å²) in [4.78, 5) is 2.57. The van der Waals surface area contributed by atoms with Gasteiger partial charge in [0, 0.05) is 6.04 Å². The number of rotatable bonds is 5. The average Bonchev–Trinajstić information content (AvgIpc) is 2.51. The lowest BCUT2D eigenvalue weighted by Crippen LogP contribution is -2.51. The van der Waals surface area contributed by atoms with Crippen LogP contribution >= 0.6 is 0 Å². The summed E-state index contributed by atoms with van der Waals surface area (Å²) < 4.78 is 5.50. The van der Waals surface area contributed by atoms with Crippen molar-refractivity contribution >= 4 is 0 Å². The second-order valence-electron chi connectivity index (χ2n) is 7.05. The zero-order valence-corrected chi connectivity index (χ0v) is 13.8. The molecule has 1 aromatic rings. The van der Waals surface area contributed by atoms with Crippen LogP contribution in [0.1, 0.15) is 56.6 Å². The first-order valence-corrected chi connectivity index (χ1v) is 8.56. The summed E-state index contributed by atoms with van der Waals surface area (Å²) >= 11 is 0. The van der Waals surface area contributed by atoms with Crippen LogP contribution in [0.15, 0.2) is 18.2 Å². The third-order valence-corrected chi connectivity index (χ3v) is 5.80. The van der Waals surface area contributed by atoms with Gasteiger partial charge in [0.1, 0.15) is 5.75 Å². The number of methoxy groups -OCH3 is 1. The van der Waals surface area contributed by atoms with E-state index in [0.717, 1.165) is 11.8 Å². The number of likely N-dealkylation sites (tertiary alicyclic amines) is 1. The van der Waals surface area contributed by atoms with Gasteiger partial charge in [-0.25, -0.2) is 0 Å². The number of piperidine rings is 1. The highest BCUT2D eigenvalue weighted by molar-refractivity contribution is 5.44. The molecule has 0 unspecified atom stereocenters. The van der Waals surface area contributed by atoms with Crippen LogP contribution in [0.5, 0.6) is 5.75 Å². The first kappa shape index (κ1) is 14.9. The number of unbranched alkanes of at least 4 members (excludes halogenated alkanes) is 2. The van der Waals surface area contributed by atoms with Gasteiger partial charge in [0.25, 0.3) is 0 Å². The molecular weight excluding hydrogens is 258 g/mol. The number of hydrogen-bond acceptors (Lipinski definition) is 2. The Bertz CT molecular complexity index is 498. The Hall–Kier alpha value is -1.02. The Morgan fingerprint density at radius 3 is 2.95 bits per heavy atom. The number of likely N-dealkylation sites (N-methyl/N-ethyl adjacent to an activating group) is 1. The molecule has 21 heavy (non-hydrogen) atoms. The largest absolute Gasteiger partial charge is 0.497 e. The van der Waals surface area contributed by atoms with Crippen LogP contribution < -0.4 is 4.74 Å². The molecule has 1 aromatic carbocycles. The van der Waals surface area contributed by atoms with E-state index in [1.165, 1.54) is 51.5 Å². The van der Waals surface area contributed by atoms with E-state index in [9.17, 15) is 0 Å². The number of hydrogen-bond donors (Lipinski definition) is 0. The molecule has 0 saturated carbocycles. The van der Waals surface area contributed by atoms with Gasteiger partial charge >= 0.3 is 0 Å². The van der Waals surface area contributed by atoms with Crippen LogP contribution in [0, 0.1) is 0 Å². The maximum absolute atomic E-state index is 5.50. The third kappa shape index (κ3) is 2.70. The van der Waals surface area contributed by atoms with Crippen LogP contribution in [0.3, 0.4) is 0 Å². The molecule has 1 saturated heterocycles. The minimum atomic E-state index is 0.411. The normalized spacial score (nSPS) is 28.2. The molecule has 2 bridgehead atoms. The van der Waals surface area contributed by atoms with Gasteiger partial charge in [-0.05, 0) is 68.0 Å². The quantitative estimate of drug-likeness (QED) is 0.754. The smallest absolute Gasteiger partial charge is 0.119 e. The van der Waals surface area contributed by atoms with Crippen LogP contribution in [-0.2, 0) is 11.8 Å². The summed E-state index contributed by atoms with van der Waals surface area (Å²) in [5, 5.41) is 0. The van der Waals surface area contributed by atoms with E-state index < -0.39 is 0 Å². The lowest BCUT2D eigenvalue weighted by atomic mass is 9.62. The van der Waals surface area contributed by atoms with Gasteiger partial charge in [-0.1, -0.05) is 32.3 Å². The topological polar surface area (TPSA) is 12.5 Å². The number of ether oxygens (including phenoxy) is 1. The molecule has 0 N–H and O–H groups in total. The van der Waals surface area contributed by atoms with Crippen molar-refractivity contribution in [3.63, 3.8) is 0 Å². The van der Waals surface area contributed by atoms with Crippen molar-refractivity contribution in [2.45, 2.75) is 63.3 Å². The number of nitrogens with zero attached hydrogens (tertiary/aromatic N) is 1. The lowest BCUT2D eigenvalue weighted by Gasteiger charge is -2.50. The predicted molar refractivity (Wildman–Crippen MR) is 88.2 cm³/mol. The molecule has 1 aliphatic carbocycles. The molecule has 0 amide bonds. The van der Waals surface area contributed by atoms with E-state index in [1.54, 1.807) is 18.2 Å². The molecule has 2 heteroatoms. The summed E-state index contributed by atoms with van der Waals surface area (Å²) in [5.74, 6) is 1.03. The zero-order chi connectivity index (χ0) is 14.9. The highest BCUT2D eigenvalue weighted by atomic mass is 16.5. The van der Waals surface area contributed by atoms with Crippen molar-refractivity contribution in [1.29, 1.82) is 0 Å². The summed E-state index contributed by atoms with van der Waals surface area (Å²) in [6, 6.07) is 7.53. The monoisotopic (exact) mass is 287 g/mol. The molecule has 0 spiro atoms. The molecule has 0 radical (unpaired) electrons. The van der Waals surface area contributed by atoms with Crippen LogP contribution in [0.25, 0.3) is 0 Å². The van der Waals surface area contributed by atoms with Crippen LogP contribution in [-0.4, -0.2) is 31.6 Å². The molecule has 116 valence electrons. The maximum Gasteiger partial charge on any atom is 0.119 e. The van der Waals surface area contributed by atoms with Crippen molar-refractivity contribution in [3.05, 3.63) is 29.3 Å². The minimum absolute atomic E-state index is 0.411. The second-order valence-corrected chi connectivity index (χ2v) is 7.05. The fourth-order valence-corrected chi connectivity index (χ4v) is 4.44. The molecule has 2 atom stereocenters. The van der Waals surface area contributed by atoms with Gasteiger partial charge in [-0.2, -0.15) is 0 Å². The standard InChI is InChI=1S/C19H29NO/c1-4-5-6-9-19-10-11-20(2)16(14-19)12-15-7-8-17(21-3)13-18(15)19/h7-8,13,16H,4-6,9-12,14H2,1-3H3/t16-,19-/m0/s1. The Labute approximate surface area is 129 Å². The van der Waals surface area contributed by atoms with Crippen LogP contribution in [0.2, 0.25) is 0 Å². The summed E-state index contributed by atoms with van der Waals surface area (Å²) in [6.45, 7) is 3.54. The summed E-state index contributed by atoms with van der Waals surface area (Å²) in [5.41, 5.74) is 3.58. The van der Waals surface area contributed by atoms with E-state index >= 15 is 0 Å². The highest BCUT2D eigenvalue weighted by Crippen LogP contribution is 2.48. The van der Waals surface area contributed by atoms with Crippen molar-refractivity contribution in [2.75, 3.05) is 20.7 Å². The Morgan fingerprint density at radius 2 is 2.19 bits per heavy atom. The van der Waals surface area contributed by atoms with E-state index in [-0.39, 0.29) is 0 Å². The summed E-state index contributed by atoms with van der Waals surface area (Å²) in [7, 11) is 4.08. The number of benzene rings is 1. The fourth-order valence-electron chi connectivity index (χ4n) is 4.44. The van der Waals surface area contributed by atoms with E-state index in [4.69, 9.17) is 4.74 Å². The minimum Gasteiger partial charge on any atom is -0.497 e. The molecule has 2 aliphatic rings. The molecule has 1 heterocycles. The SMILES string of the molecule is CCCCC[C@@]12CCN(C)[C@@H](Cc3ccc(OC)cc31)C2. The lowest BCUT2D eigenvalue weighted by molar-refractivity contribution is 0.0960. The predicted octanol–water partition coefficient (Wildman–Crippen LogP) is 4.16. The van der Waals surface area contributed by atoms with Crippen LogP contribution in [0.4, 0.5) is 0 Å². The number of fused-ring (bicyclic) bond motifs is 4. The average molecular weight is 287 g/mol. The van der Waals surface area contributed by atoms with Gasteiger partial charge < -0.3 is 9.64 Å². The highest BCUT2D eigenvalue weighted by Gasteiger charge is 2.44. The van der Waals surface area contributed by atoms with E-state index in [1.807, 2.05) is 0 Å². The first-order valence-electron chi connectivity index (χ1n) is 8.56. The molecule has 1 aliphatic heterocycles. The third-order valence-electron chi connectivity index (χ3n) is 5.80. The molecule has 1 fully saturated rings. The van der Waals surface area contributed by atoms with Crippen molar-refractivity contribution in [3.8, 4) is 5.75 Å². The molecule has 0 aromatic heterocycles. The summed E-state index contributed by atoms with van der Waals surface area (Å²) in [6.07, 6.45) is 9.25. The van der Waals surface area contributed by atoms with Gasteiger partial charge in [0.15, 0.2) is 0 Å². The Kier molecular flexibility index (Phi) is 4.26. The Balaban J connectivity index is 1.96. The van der Waals surface area contributed by atoms with Gasteiger partial charge in [-0.15, -0.1) is 0 Å². The molecule has 3 rings (SSSR count). The van der Waals surface area contributed by atoms with Gasteiger partial charge in [0.2, 0.25) is 0 Å². The Morgan fingerprint density at radius 1 is 1.33 bits per heavy atom. The van der Waals surface area contributed by atoms with Gasteiger partial charge in [0.05, 0.1) is 7.11 Å². The fraction of sp³-hybridized carbons (Fsp3) is 0.684. The van der Waals surface area contributed by atoms with Crippen molar-refractivity contribution in [2.24, 2.45) is 0 Å². The van der Waals surface area contributed by atoms with Gasteiger partial charge in [-0.3, -0.25) is 0 Å². The molecular formula is C19H29NO. The van der Waals surface area contributed by atoms with Crippen molar-refractivity contribution < 1.29 is 4.74 Å². The van der Waals surface area contributed by atoms with E-state index in [2.05, 4.69) is 37.1 Å². The van der Waals surface area contributed by atoms with E-state index in [0.29, 0.717) is 5.41 Å². The maximum atomic E-state index is 5.50. The zero-order valence-electron chi connectivity index (χ0n) is 13.8. The van der Waals surface area contributed by atoms with Crippen molar-refractivity contribution in [1.82, 2.24) is 4.90 Å². The second kappa shape index (κ2) is 6.00.